The number of hydrogen-bond donors (Lipinski definition) is 2. The Morgan fingerprint density at radius 2 is 1.59 bits per heavy atom. The van der Waals surface area contributed by atoms with Crippen molar-refractivity contribution in [2.24, 2.45) is 0 Å². The molecule has 2 aromatic rings. The maximum absolute atomic E-state index is 12.1. The summed E-state index contributed by atoms with van der Waals surface area (Å²) in [6.45, 7) is 3.40. The average Bonchev–Trinajstić information content (AvgIpc) is 2.66. The van der Waals surface area contributed by atoms with Gasteiger partial charge in [0.05, 0.1) is 7.11 Å². The minimum absolute atomic E-state index is 0.0443. The second-order valence-electron chi connectivity index (χ2n) is 5.98. The monoisotopic (exact) mass is 366 g/mol. The predicted molar refractivity (Wildman–Crippen MR) is 104 cm³/mol. The quantitative estimate of drug-likeness (QED) is 0.582. The lowest BCUT2D eigenvalue weighted by Gasteiger charge is -2.07. The molecule has 0 spiro atoms. The molecular formula is C21H22N2O4. The summed E-state index contributed by atoms with van der Waals surface area (Å²) >= 11 is 0. The molecule has 2 aromatic carbocycles. The summed E-state index contributed by atoms with van der Waals surface area (Å²) in [6.07, 6.45) is 1.24. The largest absolute Gasteiger partial charge is 0.497 e. The molecule has 0 aliphatic carbocycles. The summed E-state index contributed by atoms with van der Waals surface area (Å²) in [5, 5.41) is 5.42. The number of ketones is 1. The molecule has 0 bridgehead atoms. The van der Waals surface area contributed by atoms with E-state index >= 15 is 0 Å². The Labute approximate surface area is 158 Å². The van der Waals surface area contributed by atoms with Crippen LogP contribution in [0.15, 0.2) is 60.2 Å². The third-order valence-corrected chi connectivity index (χ3v) is 3.88. The van der Waals surface area contributed by atoms with E-state index in [4.69, 9.17) is 4.74 Å². The van der Waals surface area contributed by atoms with Crippen LogP contribution < -0.4 is 15.4 Å². The Morgan fingerprint density at radius 1 is 0.963 bits per heavy atom. The Bertz CT molecular complexity index is 853. The van der Waals surface area contributed by atoms with Crippen LogP contribution in [-0.4, -0.2) is 24.7 Å². The van der Waals surface area contributed by atoms with Gasteiger partial charge in [0.1, 0.15) is 5.75 Å². The Balaban J connectivity index is 1.89. The Kier molecular flexibility index (Phi) is 6.88. The number of carbonyl (C=O) groups is 3. The van der Waals surface area contributed by atoms with Crippen LogP contribution in [0.25, 0.3) is 0 Å². The number of carbonyl (C=O) groups excluding carboxylic acids is 3. The van der Waals surface area contributed by atoms with E-state index in [1.165, 1.54) is 13.0 Å². The molecule has 0 unspecified atom stereocenters. The van der Waals surface area contributed by atoms with Crippen molar-refractivity contribution < 1.29 is 19.1 Å². The average molecular weight is 366 g/mol. The lowest BCUT2D eigenvalue weighted by molar-refractivity contribution is -0.118. The number of rotatable bonds is 7. The van der Waals surface area contributed by atoms with Crippen molar-refractivity contribution in [2.75, 3.05) is 12.4 Å². The van der Waals surface area contributed by atoms with Crippen LogP contribution in [0.3, 0.4) is 0 Å². The molecule has 2 amide bonds. The van der Waals surface area contributed by atoms with E-state index in [0.29, 0.717) is 23.4 Å². The molecule has 140 valence electrons. The van der Waals surface area contributed by atoms with E-state index in [-0.39, 0.29) is 11.7 Å². The molecule has 0 aliphatic rings. The standard InChI is InChI=1S/C21H22N2O4/c1-14(21(26)22-13-16-4-10-19(27-3)11-5-16)12-20(25)23-18-8-6-17(7-9-18)15(2)24/h4-12H,13H2,1-3H3,(H,22,26)(H,23,25)/b14-12+. The molecule has 0 atom stereocenters. The SMILES string of the molecule is COc1ccc(CNC(=O)/C(C)=C/C(=O)Nc2ccc(C(C)=O)cc2)cc1. The van der Waals surface area contributed by atoms with Crippen LogP contribution in [0.4, 0.5) is 5.69 Å². The van der Waals surface area contributed by atoms with Crippen molar-refractivity contribution in [3.63, 3.8) is 0 Å². The van der Waals surface area contributed by atoms with Gasteiger partial charge < -0.3 is 15.4 Å². The first-order valence-corrected chi connectivity index (χ1v) is 8.40. The fourth-order valence-corrected chi connectivity index (χ4v) is 2.29. The molecule has 2 rings (SSSR count). The van der Waals surface area contributed by atoms with Gasteiger partial charge in [-0.05, 0) is 55.8 Å². The maximum Gasteiger partial charge on any atom is 0.248 e. The van der Waals surface area contributed by atoms with Crippen molar-refractivity contribution in [1.29, 1.82) is 0 Å². The van der Waals surface area contributed by atoms with Gasteiger partial charge in [-0.15, -0.1) is 0 Å². The van der Waals surface area contributed by atoms with Crippen molar-refractivity contribution in [1.82, 2.24) is 5.32 Å². The van der Waals surface area contributed by atoms with Gasteiger partial charge in [0.15, 0.2) is 5.78 Å². The second kappa shape index (κ2) is 9.33. The van der Waals surface area contributed by atoms with Crippen LogP contribution in [0, 0.1) is 0 Å². The highest BCUT2D eigenvalue weighted by atomic mass is 16.5. The lowest BCUT2D eigenvalue weighted by atomic mass is 10.1. The molecule has 0 fully saturated rings. The number of benzene rings is 2. The number of amides is 2. The van der Waals surface area contributed by atoms with Gasteiger partial charge in [-0.1, -0.05) is 12.1 Å². The van der Waals surface area contributed by atoms with Crippen molar-refractivity contribution >= 4 is 23.3 Å². The molecule has 6 nitrogen and oxygen atoms in total. The number of Topliss-reactive ketones (excluding diaryl/α,β-unsaturated/α-hetero) is 1. The molecule has 0 saturated carbocycles. The fourth-order valence-electron chi connectivity index (χ4n) is 2.29. The van der Waals surface area contributed by atoms with Gasteiger partial charge >= 0.3 is 0 Å². The van der Waals surface area contributed by atoms with Gasteiger partial charge in [-0.3, -0.25) is 14.4 Å². The van der Waals surface area contributed by atoms with Crippen molar-refractivity contribution in [2.45, 2.75) is 20.4 Å². The molecule has 0 saturated heterocycles. The van der Waals surface area contributed by atoms with E-state index in [9.17, 15) is 14.4 Å². The first kappa shape index (κ1) is 19.9. The highest BCUT2D eigenvalue weighted by Gasteiger charge is 2.08. The fraction of sp³-hybridized carbons (Fsp3) is 0.190. The molecule has 0 aromatic heterocycles. The maximum atomic E-state index is 12.1. The van der Waals surface area contributed by atoms with E-state index < -0.39 is 5.91 Å². The topological polar surface area (TPSA) is 84.5 Å². The minimum Gasteiger partial charge on any atom is -0.497 e. The van der Waals surface area contributed by atoms with Crippen LogP contribution >= 0.6 is 0 Å². The molecular weight excluding hydrogens is 344 g/mol. The van der Waals surface area contributed by atoms with Crippen LogP contribution in [0.1, 0.15) is 29.8 Å². The highest BCUT2D eigenvalue weighted by molar-refractivity contribution is 6.06. The summed E-state index contributed by atoms with van der Waals surface area (Å²) in [6, 6.07) is 13.9. The molecule has 6 heteroatoms. The zero-order chi connectivity index (χ0) is 19.8. The van der Waals surface area contributed by atoms with Gasteiger partial charge in [-0.25, -0.2) is 0 Å². The smallest absolute Gasteiger partial charge is 0.248 e. The van der Waals surface area contributed by atoms with Crippen LogP contribution in [-0.2, 0) is 16.1 Å². The molecule has 2 N–H and O–H groups in total. The third-order valence-electron chi connectivity index (χ3n) is 3.88. The van der Waals surface area contributed by atoms with Gasteiger partial charge in [0.25, 0.3) is 0 Å². The molecule has 0 radical (unpaired) electrons. The predicted octanol–water partition coefficient (Wildman–Crippen LogP) is 3.10. The van der Waals surface area contributed by atoms with E-state index in [0.717, 1.165) is 11.3 Å². The minimum atomic E-state index is -0.414. The highest BCUT2D eigenvalue weighted by Crippen LogP contribution is 2.12. The lowest BCUT2D eigenvalue weighted by Crippen LogP contribution is -2.24. The zero-order valence-corrected chi connectivity index (χ0v) is 15.5. The molecule has 27 heavy (non-hydrogen) atoms. The summed E-state index contributed by atoms with van der Waals surface area (Å²) in [5.74, 6) is -0.0399. The first-order valence-electron chi connectivity index (χ1n) is 8.40. The summed E-state index contributed by atoms with van der Waals surface area (Å²) < 4.78 is 5.09. The van der Waals surface area contributed by atoms with Gasteiger partial charge in [0.2, 0.25) is 11.8 Å². The van der Waals surface area contributed by atoms with E-state index in [1.54, 1.807) is 38.3 Å². The first-order chi connectivity index (χ1) is 12.9. The van der Waals surface area contributed by atoms with Crippen molar-refractivity contribution in [3.05, 3.63) is 71.3 Å². The number of methoxy groups -OCH3 is 1. The van der Waals surface area contributed by atoms with E-state index in [2.05, 4.69) is 10.6 Å². The normalized spacial score (nSPS) is 10.9. The number of anilines is 1. The van der Waals surface area contributed by atoms with Crippen LogP contribution in [0.5, 0.6) is 5.75 Å². The summed E-state index contributed by atoms with van der Waals surface area (Å²) in [7, 11) is 1.59. The molecule has 0 aliphatic heterocycles. The number of ether oxygens (including phenoxy) is 1. The van der Waals surface area contributed by atoms with E-state index in [1.807, 2.05) is 24.3 Å². The number of hydrogen-bond acceptors (Lipinski definition) is 4. The molecule has 0 heterocycles. The Morgan fingerprint density at radius 3 is 2.15 bits per heavy atom. The third kappa shape index (κ3) is 6.11. The number of nitrogens with one attached hydrogen (secondary N) is 2. The summed E-state index contributed by atoms with van der Waals surface area (Å²) in [4.78, 5) is 35.4. The van der Waals surface area contributed by atoms with Crippen molar-refractivity contribution in [3.8, 4) is 5.75 Å². The Hall–Kier alpha value is -3.41. The van der Waals surface area contributed by atoms with Crippen LogP contribution in [0.2, 0.25) is 0 Å². The van der Waals surface area contributed by atoms with Gasteiger partial charge in [0, 0.05) is 29.4 Å². The zero-order valence-electron chi connectivity index (χ0n) is 15.5. The summed E-state index contributed by atoms with van der Waals surface area (Å²) in [5.41, 5.74) is 2.33. The second-order valence-corrected chi connectivity index (χ2v) is 5.98. The van der Waals surface area contributed by atoms with Gasteiger partial charge in [-0.2, -0.15) is 0 Å².